The number of rotatable bonds is 3. The van der Waals surface area contributed by atoms with E-state index in [1.54, 1.807) is 6.07 Å². The van der Waals surface area contributed by atoms with Crippen LogP contribution in [-0.4, -0.2) is 64.5 Å². The predicted molar refractivity (Wildman–Crippen MR) is 108 cm³/mol. The van der Waals surface area contributed by atoms with Gasteiger partial charge in [0.25, 0.3) is 0 Å². The molecule has 30 heavy (non-hydrogen) atoms. The molecule has 2 aromatic carbocycles. The summed E-state index contributed by atoms with van der Waals surface area (Å²) in [6.07, 6.45) is 2.41. The Morgan fingerprint density at radius 2 is 1.77 bits per heavy atom. The molecule has 2 heterocycles. The van der Waals surface area contributed by atoms with Gasteiger partial charge in [-0.25, -0.2) is 9.59 Å². The number of likely N-dealkylation sites (tertiary alicyclic amines) is 1. The van der Waals surface area contributed by atoms with Gasteiger partial charge in [0.1, 0.15) is 18.5 Å². The average molecular weight is 415 g/mol. The minimum atomic E-state index is -1.82. The minimum Gasteiger partial charge on any atom is -0.508 e. The molecule has 2 aliphatic rings. The zero-order valence-electron chi connectivity index (χ0n) is 16.4. The summed E-state index contributed by atoms with van der Waals surface area (Å²) < 4.78 is 11.9. The van der Waals surface area contributed by atoms with Crippen molar-refractivity contribution in [3.8, 4) is 17.2 Å². The molecule has 160 valence electrons. The smallest absolute Gasteiger partial charge is 0.414 e. The SMILES string of the molecule is O=C(O)C(=O)O.Oc1cccc([C@H]2CCCN(C[C@H]3COc4ccccc4O3)C2)c1. The van der Waals surface area contributed by atoms with Crippen LogP contribution in [0.15, 0.2) is 48.5 Å². The van der Waals surface area contributed by atoms with Gasteiger partial charge in [0.2, 0.25) is 0 Å². The number of carboxylic acid groups (broad SMARTS) is 2. The number of ether oxygens (including phenoxy) is 2. The molecule has 0 spiro atoms. The second-order valence-corrected chi connectivity index (χ2v) is 7.30. The van der Waals surface area contributed by atoms with Crippen LogP contribution < -0.4 is 9.47 Å². The van der Waals surface area contributed by atoms with E-state index in [0.717, 1.165) is 31.1 Å². The largest absolute Gasteiger partial charge is 0.508 e. The molecule has 0 aromatic heterocycles. The number of hydrogen-bond acceptors (Lipinski definition) is 6. The van der Waals surface area contributed by atoms with Crippen molar-refractivity contribution in [3.63, 3.8) is 0 Å². The number of phenols is 1. The standard InChI is InChI=1S/C20H23NO3.C2H2O4/c22-17-7-3-5-15(11-17)16-6-4-10-21(12-16)13-18-14-23-19-8-1-2-9-20(19)24-18;3-1(4)2(5)6/h1-3,5,7-9,11,16,18,22H,4,6,10,12-14H2;(H,3,4)(H,5,6)/t16-,18-;/m0./s1. The van der Waals surface area contributed by atoms with E-state index in [1.807, 2.05) is 36.4 Å². The zero-order chi connectivity index (χ0) is 21.5. The number of benzene rings is 2. The average Bonchev–Trinajstić information content (AvgIpc) is 2.74. The van der Waals surface area contributed by atoms with Gasteiger partial charge in [-0.2, -0.15) is 0 Å². The molecule has 0 radical (unpaired) electrons. The lowest BCUT2D eigenvalue weighted by molar-refractivity contribution is -0.159. The van der Waals surface area contributed by atoms with Crippen molar-refractivity contribution >= 4 is 11.9 Å². The van der Waals surface area contributed by atoms with Crippen molar-refractivity contribution in [3.05, 3.63) is 54.1 Å². The topological polar surface area (TPSA) is 117 Å². The molecule has 1 fully saturated rings. The van der Waals surface area contributed by atoms with Gasteiger partial charge >= 0.3 is 11.9 Å². The second kappa shape index (κ2) is 9.98. The van der Waals surface area contributed by atoms with E-state index in [0.29, 0.717) is 18.3 Å². The maximum Gasteiger partial charge on any atom is 0.414 e. The highest BCUT2D eigenvalue weighted by molar-refractivity contribution is 6.27. The molecule has 3 N–H and O–H groups in total. The number of carboxylic acids is 2. The lowest BCUT2D eigenvalue weighted by Crippen LogP contribution is -2.44. The van der Waals surface area contributed by atoms with Gasteiger partial charge in [0.15, 0.2) is 11.5 Å². The first-order valence-electron chi connectivity index (χ1n) is 9.78. The fourth-order valence-corrected chi connectivity index (χ4v) is 3.71. The monoisotopic (exact) mass is 415 g/mol. The number of para-hydroxylation sites is 2. The number of fused-ring (bicyclic) bond motifs is 1. The molecule has 4 rings (SSSR count). The Balaban J connectivity index is 0.000000377. The number of nitrogens with zero attached hydrogens (tertiary/aromatic N) is 1. The first kappa shape index (κ1) is 21.4. The van der Waals surface area contributed by atoms with E-state index < -0.39 is 11.9 Å². The van der Waals surface area contributed by atoms with E-state index in [1.165, 1.54) is 18.4 Å². The molecule has 0 aliphatic carbocycles. The Morgan fingerprint density at radius 1 is 1.03 bits per heavy atom. The zero-order valence-corrected chi connectivity index (χ0v) is 16.4. The van der Waals surface area contributed by atoms with Crippen LogP contribution in [-0.2, 0) is 9.59 Å². The van der Waals surface area contributed by atoms with Crippen molar-refractivity contribution in [1.82, 2.24) is 4.90 Å². The Hall–Kier alpha value is -3.26. The van der Waals surface area contributed by atoms with Gasteiger partial charge in [0, 0.05) is 13.1 Å². The van der Waals surface area contributed by atoms with Gasteiger partial charge < -0.3 is 24.8 Å². The van der Waals surface area contributed by atoms with Gasteiger partial charge in [-0.1, -0.05) is 24.3 Å². The third-order valence-electron chi connectivity index (χ3n) is 5.06. The van der Waals surface area contributed by atoms with Crippen molar-refractivity contribution in [1.29, 1.82) is 0 Å². The van der Waals surface area contributed by atoms with Gasteiger partial charge in [0.05, 0.1) is 0 Å². The second-order valence-electron chi connectivity index (χ2n) is 7.30. The van der Waals surface area contributed by atoms with Crippen LogP contribution in [0.1, 0.15) is 24.3 Å². The maximum absolute atomic E-state index is 9.71. The van der Waals surface area contributed by atoms with Gasteiger partial charge in [-0.05, 0) is 55.1 Å². The van der Waals surface area contributed by atoms with Crippen LogP contribution in [0.5, 0.6) is 17.2 Å². The summed E-state index contributed by atoms with van der Waals surface area (Å²) in [6, 6.07) is 15.5. The number of piperidine rings is 1. The molecule has 2 aromatic rings. The number of aromatic hydroxyl groups is 1. The summed E-state index contributed by atoms with van der Waals surface area (Å²) >= 11 is 0. The molecule has 1 saturated heterocycles. The molecule has 0 bridgehead atoms. The molecule has 0 unspecified atom stereocenters. The Bertz CT molecular complexity index is 873. The number of phenolic OH excluding ortho intramolecular Hbond substituents is 1. The molecule has 0 saturated carbocycles. The van der Waals surface area contributed by atoms with Crippen LogP contribution in [0.4, 0.5) is 0 Å². The Labute approximate surface area is 174 Å². The van der Waals surface area contributed by atoms with Gasteiger partial charge in [-0.3, -0.25) is 4.90 Å². The quantitative estimate of drug-likeness (QED) is 0.655. The lowest BCUT2D eigenvalue weighted by atomic mass is 9.90. The normalized spacial score (nSPS) is 20.5. The van der Waals surface area contributed by atoms with Gasteiger partial charge in [-0.15, -0.1) is 0 Å². The summed E-state index contributed by atoms with van der Waals surface area (Å²) in [5.41, 5.74) is 1.23. The first-order chi connectivity index (χ1) is 14.4. The van der Waals surface area contributed by atoms with Crippen molar-refractivity contribution < 1.29 is 34.4 Å². The highest BCUT2D eigenvalue weighted by Crippen LogP contribution is 2.32. The summed E-state index contributed by atoms with van der Waals surface area (Å²) in [5, 5.41) is 24.5. The first-order valence-corrected chi connectivity index (χ1v) is 9.78. The summed E-state index contributed by atoms with van der Waals surface area (Å²) in [4.78, 5) is 20.7. The molecule has 0 amide bonds. The number of hydrogen-bond donors (Lipinski definition) is 3. The molecule has 8 heteroatoms. The van der Waals surface area contributed by atoms with Crippen LogP contribution in [0.3, 0.4) is 0 Å². The highest BCUT2D eigenvalue weighted by Gasteiger charge is 2.27. The van der Waals surface area contributed by atoms with Crippen LogP contribution in [0.2, 0.25) is 0 Å². The molecule has 2 atom stereocenters. The summed E-state index contributed by atoms with van der Waals surface area (Å²) in [7, 11) is 0. The minimum absolute atomic E-state index is 0.0721. The third kappa shape index (κ3) is 5.87. The van der Waals surface area contributed by atoms with E-state index in [4.69, 9.17) is 29.3 Å². The van der Waals surface area contributed by atoms with Crippen LogP contribution in [0, 0.1) is 0 Å². The summed E-state index contributed by atoms with van der Waals surface area (Å²) in [6.45, 7) is 3.58. The number of carbonyl (C=O) groups is 2. The van der Waals surface area contributed by atoms with Crippen LogP contribution in [0.25, 0.3) is 0 Å². The van der Waals surface area contributed by atoms with Crippen molar-refractivity contribution in [2.75, 3.05) is 26.2 Å². The number of aliphatic carboxylic acids is 2. The van der Waals surface area contributed by atoms with Crippen LogP contribution >= 0.6 is 0 Å². The fraction of sp³-hybridized carbons (Fsp3) is 0.364. The van der Waals surface area contributed by atoms with E-state index in [9.17, 15) is 5.11 Å². The highest BCUT2D eigenvalue weighted by atomic mass is 16.6. The molecular weight excluding hydrogens is 390 g/mol. The Morgan fingerprint density at radius 3 is 2.47 bits per heavy atom. The molecular formula is C22H25NO7. The predicted octanol–water partition coefficient (Wildman–Crippen LogP) is 2.57. The lowest BCUT2D eigenvalue weighted by Gasteiger charge is -2.36. The van der Waals surface area contributed by atoms with Crippen molar-refractivity contribution in [2.24, 2.45) is 0 Å². The fourth-order valence-electron chi connectivity index (χ4n) is 3.71. The Kier molecular flexibility index (Phi) is 7.13. The molecule has 8 nitrogen and oxygen atoms in total. The van der Waals surface area contributed by atoms with E-state index in [-0.39, 0.29) is 6.10 Å². The summed E-state index contributed by atoms with van der Waals surface area (Å²) in [5.74, 6) is -1.14. The van der Waals surface area contributed by atoms with E-state index in [2.05, 4.69) is 11.0 Å². The van der Waals surface area contributed by atoms with E-state index >= 15 is 0 Å². The molecule has 2 aliphatic heterocycles. The maximum atomic E-state index is 9.71. The van der Waals surface area contributed by atoms with Crippen molar-refractivity contribution in [2.45, 2.75) is 24.9 Å². The third-order valence-corrected chi connectivity index (χ3v) is 5.06.